The maximum atomic E-state index is 13.2. The monoisotopic (exact) mass is 352 g/mol. The first-order valence-electron chi connectivity index (χ1n) is 7.91. The molecular formula is C19H17FN4O2. The fourth-order valence-electron chi connectivity index (χ4n) is 2.25. The first-order valence-corrected chi connectivity index (χ1v) is 7.91. The molecule has 1 heterocycles. The molecule has 2 N–H and O–H groups in total. The summed E-state index contributed by atoms with van der Waals surface area (Å²) >= 11 is 0. The molecule has 26 heavy (non-hydrogen) atoms. The van der Waals surface area contributed by atoms with Crippen LogP contribution in [0.3, 0.4) is 0 Å². The Labute approximate surface area is 150 Å². The third-order valence-corrected chi connectivity index (χ3v) is 3.63. The minimum absolute atomic E-state index is 0.216. The van der Waals surface area contributed by atoms with Crippen molar-refractivity contribution in [3.63, 3.8) is 0 Å². The van der Waals surface area contributed by atoms with Gasteiger partial charge in [-0.3, -0.25) is 4.79 Å². The summed E-state index contributed by atoms with van der Waals surface area (Å²) in [6.07, 6.45) is 0. The number of carbonyl (C=O) groups excluding carboxylic acids is 1. The number of aromatic nitrogens is 2. The summed E-state index contributed by atoms with van der Waals surface area (Å²) in [5.41, 5.74) is 1.28. The topological polar surface area (TPSA) is 76.1 Å². The van der Waals surface area contributed by atoms with Crippen LogP contribution in [-0.4, -0.2) is 23.2 Å². The predicted molar refractivity (Wildman–Crippen MR) is 96.7 cm³/mol. The van der Waals surface area contributed by atoms with E-state index in [-0.39, 0.29) is 11.4 Å². The lowest BCUT2D eigenvalue weighted by atomic mass is 10.2. The number of nitrogens with one attached hydrogen (secondary N) is 2. The number of ether oxygens (including phenoxy) is 1. The molecule has 0 aliphatic carbocycles. The molecule has 1 aromatic heterocycles. The Morgan fingerprint density at radius 1 is 1.04 bits per heavy atom. The van der Waals surface area contributed by atoms with Gasteiger partial charge < -0.3 is 15.4 Å². The van der Waals surface area contributed by atoms with Gasteiger partial charge in [-0.05, 0) is 48.0 Å². The summed E-state index contributed by atoms with van der Waals surface area (Å²) in [4.78, 5) is 12.0. The molecule has 0 radical (unpaired) electrons. The van der Waals surface area contributed by atoms with Crippen LogP contribution in [0.15, 0.2) is 60.7 Å². The number of anilines is 2. The van der Waals surface area contributed by atoms with Gasteiger partial charge in [0.2, 0.25) is 0 Å². The molecule has 7 heteroatoms. The van der Waals surface area contributed by atoms with Gasteiger partial charge in [-0.2, -0.15) is 0 Å². The van der Waals surface area contributed by atoms with Gasteiger partial charge in [0.05, 0.1) is 7.11 Å². The number of hydrogen-bond acceptors (Lipinski definition) is 5. The lowest BCUT2D eigenvalue weighted by Gasteiger charge is -2.07. The van der Waals surface area contributed by atoms with E-state index in [4.69, 9.17) is 4.74 Å². The fourth-order valence-corrected chi connectivity index (χ4v) is 2.25. The fraction of sp³-hybridized carbons (Fsp3) is 0.105. The van der Waals surface area contributed by atoms with Crippen LogP contribution in [0.4, 0.5) is 16.0 Å². The number of hydrogen-bond donors (Lipinski definition) is 2. The van der Waals surface area contributed by atoms with Crippen LogP contribution in [0.5, 0.6) is 5.75 Å². The Morgan fingerprint density at radius 3 is 2.42 bits per heavy atom. The minimum atomic E-state index is -0.471. The van der Waals surface area contributed by atoms with Gasteiger partial charge in [0.25, 0.3) is 5.91 Å². The van der Waals surface area contributed by atoms with E-state index in [1.54, 1.807) is 19.2 Å². The lowest BCUT2D eigenvalue weighted by molar-refractivity contribution is 0.102. The van der Waals surface area contributed by atoms with Crippen molar-refractivity contribution in [3.05, 3.63) is 77.6 Å². The van der Waals surface area contributed by atoms with Crippen molar-refractivity contribution >= 4 is 17.5 Å². The number of methoxy groups -OCH3 is 1. The summed E-state index contributed by atoms with van der Waals surface area (Å²) in [6.45, 7) is 0.577. The highest BCUT2D eigenvalue weighted by Crippen LogP contribution is 2.13. The van der Waals surface area contributed by atoms with Crippen molar-refractivity contribution in [2.75, 3.05) is 17.7 Å². The van der Waals surface area contributed by atoms with Gasteiger partial charge in [-0.15, -0.1) is 10.2 Å². The zero-order valence-corrected chi connectivity index (χ0v) is 14.1. The van der Waals surface area contributed by atoms with E-state index < -0.39 is 11.7 Å². The largest absolute Gasteiger partial charge is 0.497 e. The Hall–Kier alpha value is -3.48. The van der Waals surface area contributed by atoms with Crippen LogP contribution < -0.4 is 15.4 Å². The van der Waals surface area contributed by atoms with E-state index in [9.17, 15) is 9.18 Å². The van der Waals surface area contributed by atoms with Crippen molar-refractivity contribution in [2.45, 2.75) is 6.54 Å². The summed E-state index contributed by atoms with van der Waals surface area (Å²) in [6, 6.07) is 16.4. The number of nitrogens with zero attached hydrogens (tertiary/aromatic N) is 2. The second kappa shape index (κ2) is 8.06. The molecule has 0 unspecified atom stereocenters. The molecule has 2 aromatic carbocycles. The number of carbonyl (C=O) groups is 1. The highest BCUT2D eigenvalue weighted by Gasteiger charge is 2.08. The van der Waals surface area contributed by atoms with Gasteiger partial charge in [0.1, 0.15) is 17.4 Å². The molecule has 0 spiro atoms. The van der Waals surface area contributed by atoms with Crippen molar-refractivity contribution in [1.82, 2.24) is 10.2 Å². The van der Waals surface area contributed by atoms with Gasteiger partial charge >= 0.3 is 0 Å². The summed E-state index contributed by atoms with van der Waals surface area (Å²) in [5, 5.41) is 13.7. The number of amides is 1. The number of halogens is 1. The zero-order chi connectivity index (χ0) is 18.4. The first-order chi connectivity index (χ1) is 12.6. The highest BCUT2D eigenvalue weighted by atomic mass is 19.1. The SMILES string of the molecule is COc1ccc(CNc2ccc(NC(=O)c3cccc(F)c3)nn2)cc1. The van der Waals surface area contributed by atoms with Crippen LogP contribution in [0, 0.1) is 5.82 Å². The second-order valence-corrected chi connectivity index (χ2v) is 5.47. The Bertz CT molecular complexity index is 883. The minimum Gasteiger partial charge on any atom is -0.497 e. The summed E-state index contributed by atoms with van der Waals surface area (Å²) in [7, 11) is 1.62. The van der Waals surface area contributed by atoms with Crippen LogP contribution in [-0.2, 0) is 6.54 Å². The van der Waals surface area contributed by atoms with Crippen molar-refractivity contribution in [2.24, 2.45) is 0 Å². The average molecular weight is 352 g/mol. The maximum absolute atomic E-state index is 13.2. The number of benzene rings is 2. The van der Waals surface area contributed by atoms with Crippen LogP contribution in [0.1, 0.15) is 15.9 Å². The van der Waals surface area contributed by atoms with E-state index in [0.29, 0.717) is 12.4 Å². The molecule has 3 rings (SSSR count). The molecule has 0 fully saturated rings. The van der Waals surface area contributed by atoms with E-state index in [1.165, 1.54) is 18.2 Å². The third kappa shape index (κ3) is 4.54. The molecule has 0 saturated carbocycles. The third-order valence-electron chi connectivity index (χ3n) is 3.63. The van der Waals surface area contributed by atoms with Crippen LogP contribution in [0.25, 0.3) is 0 Å². The highest BCUT2D eigenvalue weighted by molar-refractivity contribution is 6.03. The molecule has 0 atom stereocenters. The van der Waals surface area contributed by atoms with Gasteiger partial charge in [0, 0.05) is 12.1 Å². The van der Waals surface area contributed by atoms with E-state index >= 15 is 0 Å². The van der Waals surface area contributed by atoms with E-state index in [2.05, 4.69) is 20.8 Å². The second-order valence-electron chi connectivity index (χ2n) is 5.47. The first kappa shape index (κ1) is 17.3. The Kier molecular flexibility index (Phi) is 5.38. The molecule has 132 valence electrons. The van der Waals surface area contributed by atoms with Gasteiger partial charge in [-0.1, -0.05) is 18.2 Å². The standard InChI is InChI=1S/C19H17FN4O2/c1-26-16-7-5-13(6-8-16)12-21-17-9-10-18(24-23-17)22-19(25)14-3-2-4-15(20)11-14/h2-11H,12H2,1H3,(H,21,23)(H,22,24,25). The average Bonchev–Trinajstić information content (AvgIpc) is 2.68. The molecule has 6 nitrogen and oxygen atoms in total. The van der Waals surface area contributed by atoms with E-state index in [0.717, 1.165) is 17.4 Å². The van der Waals surface area contributed by atoms with Gasteiger partial charge in [-0.25, -0.2) is 4.39 Å². The maximum Gasteiger partial charge on any atom is 0.256 e. The molecule has 0 bridgehead atoms. The van der Waals surface area contributed by atoms with Crippen molar-refractivity contribution in [1.29, 1.82) is 0 Å². The van der Waals surface area contributed by atoms with Crippen LogP contribution >= 0.6 is 0 Å². The van der Waals surface area contributed by atoms with Crippen molar-refractivity contribution < 1.29 is 13.9 Å². The normalized spacial score (nSPS) is 10.2. The smallest absolute Gasteiger partial charge is 0.256 e. The quantitative estimate of drug-likeness (QED) is 0.710. The van der Waals surface area contributed by atoms with Gasteiger partial charge in [0.15, 0.2) is 5.82 Å². The Morgan fingerprint density at radius 2 is 1.77 bits per heavy atom. The summed E-state index contributed by atoms with van der Waals surface area (Å²) in [5.74, 6) is 0.741. The van der Waals surface area contributed by atoms with E-state index in [1.807, 2.05) is 24.3 Å². The molecule has 1 amide bonds. The Balaban J connectivity index is 1.56. The molecule has 3 aromatic rings. The molecule has 0 aliphatic rings. The molecular weight excluding hydrogens is 335 g/mol. The van der Waals surface area contributed by atoms with Crippen LogP contribution in [0.2, 0.25) is 0 Å². The number of rotatable bonds is 6. The molecule has 0 saturated heterocycles. The van der Waals surface area contributed by atoms with Crippen molar-refractivity contribution in [3.8, 4) is 5.75 Å². The predicted octanol–water partition coefficient (Wildman–Crippen LogP) is 3.49. The summed E-state index contributed by atoms with van der Waals surface area (Å²) < 4.78 is 18.3. The zero-order valence-electron chi connectivity index (χ0n) is 14.1. The molecule has 0 aliphatic heterocycles. The lowest BCUT2D eigenvalue weighted by Crippen LogP contribution is -2.14.